The Labute approximate surface area is 102 Å². The summed E-state index contributed by atoms with van der Waals surface area (Å²) in [5.74, 6) is 5.56. The molecule has 2 rings (SSSR count). The fraction of sp³-hybridized carbons (Fsp3) is 0.750. The van der Waals surface area contributed by atoms with Gasteiger partial charge in [0.15, 0.2) is 0 Å². The van der Waals surface area contributed by atoms with Crippen LogP contribution in [0.4, 0.5) is 0 Å². The molecule has 2 fully saturated rings. The average Bonchev–Trinajstić information content (AvgIpc) is 3.14. The third kappa shape index (κ3) is 3.63. The van der Waals surface area contributed by atoms with Crippen molar-refractivity contribution in [2.24, 2.45) is 11.6 Å². The van der Waals surface area contributed by atoms with E-state index in [1.807, 2.05) is 0 Å². The number of hydrogen-bond donors (Lipinski definition) is 3. The van der Waals surface area contributed by atoms with Crippen molar-refractivity contribution in [3.63, 3.8) is 0 Å². The fourth-order valence-electron chi connectivity index (χ4n) is 2.21. The number of nitrogens with two attached hydrogens (primary N) is 2. The van der Waals surface area contributed by atoms with Crippen molar-refractivity contribution in [3.05, 3.63) is 11.9 Å². The molecule has 2 aliphatic carbocycles. The van der Waals surface area contributed by atoms with Gasteiger partial charge in [0.2, 0.25) is 0 Å². The van der Waals surface area contributed by atoms with Gasteiger partial charge in [-0.15, -0.1) is 0 Å². The summed E-state index contributed by atoms with van der Waals surface area (Å²) in [6, 6.07) is 0.659. The lowest BCUT2D eigenvalue weighted by Gasteiger charge is -2.23. The minimum atomic E-state index is -0.187. The number of rotatable bonds is 4. The Kier molecular flexibility index (Phi) is 3.89. The van der Waals surface area contributed by atoms with E-state index in [1.54, 1.807) is 11.2 Å². The number of nitrogens with one attached hydrogen (secondary N) is 1. The van der Waals surface area contributed by atoms with Gasteiger partial charge >= 0.3 is 0 Å². The third-order valence-corrected chi connectivity index (χ3v) is 3.46. The summed E-state index contributed by atoms with van der Waals surface area (Å²) in [6.45, 7) is 0. The van der Waals surface area contributed by atoms with Crippen molar-refractivity contribution in [3.8, 4) is 0 Å². The van der Waals surface area contributed by atoms with Crippen LogP contribution in [0.15, 0.2) is 11.9 Å². The topological polar surface area (TPSA) is 84.4 Å². The van der Waals surface area contributed by atoms with E-state index in [0.717, 1.165) is 25.7 Å². The van der Waals surface area contributed by atoms with E-state index in [4.69, 9.17) is 11.6 Å². The second kappa shape index (κ2) is 5.40. The maximum atomic E-state index is 11.8. The smallest absolute Gasteiger partial charge is 0.268 e. The van der Waals surface area contributed by atoms with Gasteiger partial charge in [-0.25, -0.2) is 5.84 Å². The minimum Gasteiger partial charge on any atom is -0.393 e. The molecule has 0 aromatic rings. The van der Waals surface area contributed by atoms with Crippen molar-refractivity contribution in [2.75, 3.05) is 0 Å². The molecule has 2 aliphatic rings. The SMILES string of the molecule is N/C(=C\N(N)C1CC1)C(=O)NC1CCCCC1. The zero-order valence-corrected chi connectivity index (χ0v) is 10.2. The Morgan fingerprint density at radius 2 is 1.82 bits per heavy atom. The highest BCUT2D eigenvalue weighted by molar-refractivity contribution is 5.92. The molecule has 5 nitrogen and oxygen atoms in total. The van der Waals surface area contributed by atoms with Crippen molar-refractivity contribution in [1.29, 1.82) is 0 Å². The maximum absolute atomic E-state index is 11.8. The van der Waals surface area contributed by atoms with Gasteiger partial charge in [-0.2, -0.15) is 0 Å². The summed E-state index contributed by atoms with van der Waals surface area (Å²) in [5, 5.41) is 4.52. The molecule has 0 aliphatic heterocycles. The third-order valence-electron chi connectivity index (χ3n) is 3.46. The monoisotopic (exact) mass is 238 g/mol. The van der Waals surface area contributed by atoms with Gasteiger partial charge in [0.1, 0.15) is 5.70 Å². The van der Waals surface area contributed by atoms with Crippen molar-refractivity contribution in [1.82, 2.24) is 10.3 Å². The largest absolute Gasteiger partial charge is 0.393 e. The van der Waals surface area contributed by atoms with Crippen LogP contribution in [0, 0.1) is 0 Å². The second-order valence-electron chi connectivity index (χ2n) is 5.07. The first-order valence-corrected chi connectivity index (χ1v) is 6.48. The molecule has 0 bridgehead atoms. The van der Waals surface area contributed by atoms with Gasteiger partial charge in [0.25, 0.3) is 5.91 Å². The molecule has 1 amide bonds. The molecule has 0 atom stereocenters. The van der Waals surface area contributed by atoms with Crippen LogP contribution in [0.3, 0.4) is 0 Å². The van der Waals surface area contributed by atoms with Gasteiger partial charge < -0.3 is 16.1 Å². The van der Waals surface area contributed by atoms with Gasteiger partial charge in [-0.1, -0.05) is 19.3 Å². The Morgan fingerprint density at radius 3 is 2.41 bits per heavy atom. The highest BCUT2D eigenvalue weighted by Gasteiger charge is 2.26. The van der Waals surface area contributed by atoms with Gasteiger partial charge in [-0.05, 0) is 25.7 Å². The first-order chi connectivity index (χ1) is 8.16. The summed E-state index contributed by atoms with van der Waals surface area (Å²) in [5.41, 5.74) is 5.94. The van der Waals surface area contributed by atoms with E-state index in [1.165, 1.54) is 19.3 Å². The van der Waals surface area contributed by atoms with E-state index < -0.39 is 0 Å². The lowest BCUT2D eigenvalue weighted by Crippen LogP contribution is -2.40. The number of carbonyl (C=O) groups is 1. The lowest BCUT2D eigenvalue weighted by molar-refractivity contribution is -0.118. The molecule has 0 saturated heterocycles. The van der Waals surface area contributed by atoms with Crippen molar-refractivity contribution >= 4 is 5.91 Å². The summed E-state index contributed by atoms with van der Waals surface area (Å²) in [6.07, 6.45) is 9.52. The van der Waals surface area contributed by atoms with Crippen LogP contribution in [0.25, 0.3) is 0 Å². The molecular weight excluding hydrogens is 216 g/mol. The number of carbonyl (C=O) groups excluding carboxylic acids is 1. The van der Waals surface area contributed by atoms with E-state index in [-0.39, 0.29) is 17.6 Å². The highest BCUT2D eigenvalue weighted by Crippen LogP contribution is 2.24. The molecule has 0 heterocycles. The van der Waals surface area contributed by atoms with E-state index in [9.17, 15) is 4.79 Å². The second-order valence-corrected chi connectivity index (χ2v) is 5.07. The molecule has 0 radical (unpaired) electrons. The maximum Gasteiger partial charge on any atom is 0.268 e. The Hall–Kier alpha value is -1.23. The molecule has 0 aromatic carbocycles. The molecule has 5 N–H and O–H groups in total. The Balaban J connectivity index is 1.81. The van der Waals surface area contributed by atoms with Crippen LogP contribution in [0.2, 0.25) is 0 Å². The molecular formula is C12H22N4O. The van der Waals surface area contributed by atoms with E-state index in [2.05, 4.69) is 5.32 Å². The number of hydrazine groups is 1. The van der Waals surface area contributed by atoms with Crippen molar-refractivity contribution in [2.45, 2.75) is 57.0 Å². The number of amides is 1. The van der Waals surface area contributed by atoms with Gasteiger partial charge in [-0.3, -0.25) is 4.79 Å². The van der Waals surface area contributed by atoms with Crippen molar-refractivity contribution < 1.29 is 4.79 Å². The molecule has 0 spiro atoms. The Morgan fingerprint density at radius 1 is 1.18 bits per heavy atom. The van der Waals surface area contributed by atoms with Gasteiger partial charge in [0.05, 0.1) is 0 Å². The van der Waals surface area contributed by atoms with Crippen LogP contribution in [-0.4, -0.2) is 23.0 Å². The highest BCUT2D eigenvalue weighted by atomic mass is 16.2. The average molecular weight is 238 g/mol. The molecule has 17 heavy (non-hydrogen) atoms. The molecule has 96 valence electrons. The van der Waals surface area contributed by atoms with E-state index >= 15 is 0 Å². The van der Waals surface area contributed by atoms with Crippen LogP contribution < -0.4 is 16.9 Å². The summed E-state index contributed by atoms with van der Waals surface area (Å²) in [7, 11) is 0. The van der Waals surface area contributed by atoms with Crippen LogP contribution in [-0.2, 0) is 4.79 Å². The minimum absolute atomic E-state index is 0.187. The zero-order valence-electron chi connectivity index (χ0n) is 10.2. The molecule has 0 aromatic heterocycles. The van der Waals surface area contributed by atoms with Crippen LogP contribution in [0.5, 0.6) is 0 Å². The molecule has 0 unspecified atom stereocenters. The number of nitrogens with zero attached hydrogens (tertiary/aromatic N) is 1. The standard InChI is InChI=1S/C12H22N4O/c13-11(8-16(14)10-6-7-10)12(17)15-9-4-2-1-3-5-9/h8-10H,1-7,13-14H2,(H,15,17)/b11-8-. The quantitative estimate of drug-likeness (QED) is 0.380. The first-order valence-electron chi connectivity index (χ1n) is 6.48. The fourth-order valence-corrected chi connectivity index (χ4v) is 2.21. The predicted octanol–water partition coefficient (Wildman–Crippen LogP) is 0.573. The number of hydrogen-bond acceptors (Lipinski definition) is 4. The normalized spacial score (nSPS) is 22.3. The molecule has 5 heteroatoms. The lowest BCUT2D eigenvalue weighted by atomic mass is 9.95. The summed E-state index contributed by atoms with van der Waals surface area (Å²) >= 11 is 0. The molecule has 2 saturated carbocycles. The van der Waals surface area contributed by atoms with Crippen LogP contribution >= 0.6 is 0 Å². The zero-order chi connectivity index (χ0) is 12.3. The summed E-state index contributed by atoms with van der Waals surface area (Å²) < 4.78 is 0. The van der Waals surface area contributed by atoms with Gasteiger partial charge in [0, 0.05) is 18.3 Å². The Bertz CT molecular complexity index is 306. The van der Waals surface area contributed by atoms with Crippen LogP contribution in [0.1, 0.15) is 44.9 Å². The van der Waals surface area contributed by atoms with E-state index in [0.29, 0.717) is 6.04 Å². The first kappa shape index (κ1) is 12.2. The predicted molar refractivity (Wildman–Crippen MR) is 66.3 cm³/mol. The summed E-state index contributed by atoms with van der Waals surface area (Å²) in [4.78, 5) is 11.8.